The van der Waals surface area contributed by atoms with Gasteiger partial charge in [0.2, 0.25) is 5.65 Å². The van der Waals surface area contributed by atoms with Gasteiger partial charge >= 0.3 is 0 Å². The van der Waals surface area contributed by atoms with Crippen molar-refractivity contribution in [3.8, 4) is 0 Å². The van der Waals surface area contributed by atoms with Crippen LogP contribution in [-0.4, -0.2) is 44.3 Å². The van der Waals surface area contributed by atoms with Gasteiger partial charge in [0.15, 0.2) is 5.82 Å². The summed E-state index contributed by atoms with van der Waals surface area (Å²) in [6.07, 6.45) is 2.46. The van der Waals surface area contributed by atoms with E-state index in [-0.39, 0.29) is 6.10 Å². The van der Waals surface area contributed by atoms with Crippen molar-refractivity contribution in [2.75, 3.05) is 18.5 Å². The third-order valence-electron chi connectivity index (χ3n) is 3.54. The summed E-state index contributed by atoms with van der Waals surface area (Å²) in [6, 6.07) is 7.81. The van der Waals surface area contributed by atoms with Gasteiger partial charge in [-0.25, -0.2) is 4.98 Å². The number of aromatic nitrogens is 5. The molecular formula is C13H14N6O. The molecule has 3 aromatic rings. The van der Waals surface area contributed by atoms with Crippen molar-refractivity contribution < 1.29 is 4.74 Å². The predicted molar refractivity (Wildman–Crippen MR) is 73.5 cm³/mol. The van der Waals surface area contributed by atoms with Crippen LogP contribution in [0.5, 0.6) is 0 Å². The number of hydrogen-bond acceptors (Lipinski definition) is 6. The Balaban J connectivity index is 1.74. The summed E-state index contributed by atoms with van der Waals surface area (Å²) in [5.41, 5.74) is 2.40. The maximum Gasteiger partial charge on any atom is 0.222 e. The van der Waals surface area contributed by atoms with Crippen molar-refractivity contribution in [3.05, 3.63) is 24.3 Å². The van der Waals surface area contributed by atoms with E-state index >= 15 is 0 Å². The van der Waals surface area contributed by atoms with Crippen LogP contribution in [0.4, 0.5) is 5.82 Å². The number of nitrogens with zero attached hydrogens (tertiary/aromatic N) is 5. The Hall–Kier alpha value is -2.28. The fraction of sp³-hybridized carbons (Fsp3) is 0.385. The number of para-hydroxylation sites is 2. The first-order valence-electron chi connectivity index (χ1n) is 6.74. The van der Waals surface area contributed by atoms with Gasteiger partial charge in [0.25, 0.3) is 0 Å². The molecule has 0 bridgehead atoms. The standard InChI is InChI=1S/C13H14N6O/c1-2-6-11-10(5-1)15-12(13-16-17-18-19(11)13)14-8-9-4-3-7-20-9/h1-2,5-6,9H,3-4,7-8H2,(H,14,15)/t9-/m1/s1. The van der Waals surface area contributed by atoms with E-state index in [0.717, 1.165) is 37.0 Å². The summed E-state index contributed by atoms with van der Waals surface area (Å²) in [6.45, 7) is 1.58. The zero-order valence-corrected chi connectivity index (χ0v) is 10.9. The number of tetrazole rings is 1. The second kappa shape index (κ2) is 4.68. The molecule has 0 aliphatic carbocycles. The van der Waals surface area contributed by atoms with E-state index in [2.05, 4.69) is 25.8 Å². The molecule has 1 saturated heterocycles. The van der Waals surface area contributed by atoms with E-state index in [4.69, 9.17) is 4.74 Å². The van der Waals surface area contributed by atoms with Gasteiger partial charge < -0.3 is 10.1 Å². The highest BCUT2D eigenvalue weighted by Crippen LogP contribution is 2.19. The van der Waals surface area contributed by atoms with Gasteiger partial charge in [-0.2, -0.15) is 4.52 Å². The Morgan fingerprint density at radius 1 is 1.35 bits per heavy atom. The first-order valence-corrected chi connectivity index (χ1v) is 6.74. The van der Waals surface area contributed by atoms with E-state index in [1.54, 1.807) is 4.52 Å². The number of nitrogens with one attached hydrogen (secondary N) is 1. The Morgan fingerprint density at radius 2 is 2.30 bits per heavy atom. The molecule has 0 spiro atoms. The van der Waals surface area contributed by atoms with E-state index in [9.17, 15) is 0 Å². The van der Waals surface area contributed by atoms with Crippen molar-refractivity contribution in [2.24, 2.45) is 0 Å². The molecule has 1 aliphatic rings. The third-order valence-corrected chi connectivity index (χ3v) is 3.54. The molecule has 0 saturated carbocycles. The largest absolute Gasteiger partial charge is 0.376 e. The van der Waals surface area contributed by atoms with Gasteiger partial charge in [0, 0.05) is 13.2 Å². The Morgan fingerprint density at radius 3 is 3.20 bits per heavy atom. The van der Waals surface area contributed by atoms with Gasteiger partial charge in [-0.3, -0.25) is 0 Å². The zero-order valence-electron chi connectivity index (χ0n) is 10.9. The summed E-state index contributed by atoms with van der Waals surface area (Å²) in [4.78, 5) is 4.61. The smallest absolute Gasteiger partial charge is 0.222 e. The summed E-state index contributed by atoms with van der Waals surface area (Å²) in [5, 5.41) is 15.1. The van der Waals surface area contributed by atoms with Crippen LogP contribution in [0.1, 0.15) is 12.8 Å². The van der Waals surface area contributed by atoms with E-state index < -0.39 is 0 Å². The molecule has 1 atom stereocenters. The molecule has 7 heteroatoms. The maximum atomic E-state index is 5.61. The Kier molecular flexibility index (Phi) is 2.70. The molecule has 20 heavy (non-hydrogen) atoms. The fourth-order valence-electron chi connectivity index (χ4n) is 2.54. The molecule has 1 aromatic carbocycles. The van der Waals surface area contributed by atoms with Crippen molar-refractivity contribution in [2.45, 2.75) is 18.9 Å². The van der Waals surface area contributed by atoms with Crippen LogP contribution in [0.3, 0.4) is 0 Å². The topological polar surface area (TPSA) is 77.2 Å². The molecule has 2 aromatic heterocycles. The van der Waals surface area contributed by atoms with Crippen molar-refractivity contribution in [1.82, 2.24) is 25.0 Å². The van der Waals surface area contributed by atoms with Crippen LogP contribution in [0.2, 0.25) is 0 Å². The number of hydrogen-bond donors (Lipinski definition) is 1. The minimum atomic E-state index is 0.249. The quantitative estimate of drug-likeness (QED) is 0.772. The summed E-state index contributed by atoms with van der Waals surface area (Å²) < 4.78 is 7.32. The first kappa shape index (κ1) is 11.5. The van der Waals surface area contributed by atoms with E-state index in [1.807, 2.05) is 24.3 Å². The van der Waals surface area contributed by atoms with Crippen LogP contribution in [-0.2, 0) is 4.74 Å². The Bertz CT molecular complexity index is 749. The third kappa shape index (κ3) is 1.87. The van der Waals surface area contributed by atoms with Crippen molar-refractivity contribution in [1.29, 1.82) is 0 Å². The molecule has 7 nitrogen and oxygen atoms in total. The monoisotopic (exact) mass is 270 g/mol. The normalized spacial score (nSPS) is 18.9. The highest BCUT2D eigenvalue weighted by Gasteiger charge is 2.17. The molecular weight excluding hydrogens is 256 g/mol. The zero-order chi connectivity index (χ0) is 13.4. The van der Waals surface area contributed by atoms with Gasteiger partial charge in [0.1, 0.15) is 0 Å². The van der Waals surface area contributed by atoms with Gasteiger partial charge in [0.05, 0.1) is 17.1 Å². The lowest BCUT2D eigenvalue weighted by atomic mass is 10.2. The van der Waals surface area contributed by atoms with Crippen LogP contribution < -0.4 is 5.32 Å². The SMILES string of the molecule is c1ccc2c(c1)nc(NC[C@H]1CCCO1)c1nnnn12. The lowest BCUT2D eigenvalue weighted by Crippen LogP contribution is -2.19. The number of fused-ring (bicyclic) bond motifs is 3. The molecule has 1 aliphatic heterocycles. The summed E-state index contributed by atoms with van der Waals surface area (Å²) >= 11 is 0. The summed E-state index contributed by atoms with van der Waals surface area (Å²) in [5.74, 6) is 0.698. The molecule has 0 amide bonds. The first-order chi connectivity index (χ1) is 9.92. The number of rotatable bonds is 3. The second-order valence-electron chi connectivity index (χ2n) is 4.88. The minimum Gasteiger partial charge on any atom is -0.376 e. The lowest BCUT2D eigenvalue weighted by Gasteiger charge is -2.12. The van der Waals surface area contributed by atoms with Crippen molar-refractivity contribution in [3.63, 3.8) is 0 Å². The van der Waals surface area contributed by atoms with E-state index in [1.165, 1.54) is 0 Å². The van der Waals surface area contributed by atoms with E-state index in [0.29, 0.717) is 11.5 Å². The highest BCUT2D eigenvalue weighted by atomic mass is 16.5. The van der Waals surface area contributed by atoms with Gasteiger partial charge in [-0.15, -0.1) is 5.10 Å². The molecule has 0 radical (unpaired) electrons. The average Bonchev–Trinajstić information content (AvgIpc) is 3.16. The molecule has 3 heterocycles. The predicted octanol–water partition coefficient (Wildman–Crippen LogP) is 1.26. The van der Waals surface area contributed by atoms with Crippen LogP contribution in [0.15, 0.2) is 24.3 Å². The average molecular weight is 270 g/mol. The van der Waals surface area contributed by atoms with Gasteiger partial charge in [-0.05, 0) is 35.4 Å². The van der Waals surface area contributed by atoms with Crippen LogP contribution in [0.25, 0.3) is 16.7 Å². The molecule has 1 N–H and O–H groups in total. The maximum absolute atomic E-state index is 5.61. The lowest BCUT2D eigenvalue weighted by molar-refractivity contribution is 0.120. The molecule has 0 unspecified atom stereocenters. The molecule has 4 rings (SSSR count). The Labute approximate surface area is 114 Å². The number of ether oxygens (including phenoxy) is 1. The molecule has 102 valence electrons. The summed E-state index contributed by atoms with van der Waals surface area (Å²) in [7, 11) is 0. The number of anilines is 1. The van der Waals surface area contributed by atoms with Crippen LogP contribution in [0, 0.1) is 0 Å². The molecule has 1 fully saturated rings. The fourth-order valence-corrected chi connectivity index (χ4v) is 2.54. The highest BCUT2D eigenvalue weighted by molar-refractivity contribution is 5.81. The van der Waals surface area contributed by atoms with Gasteiger partial charge in [-0.1, -0.05) is 12.1 Å². The van der Waals surface area contributed by atoms with Crippen LogP contribution >= 0.6 is 0 Å². The number of benzene rings is 1. The van der Waals surface area contributed by atoms with Crippen molar-refractivity contribution >= 4 is 22.5 Å². The second-order valence-corrected chi connectivity index (χ2v) is 4.88. The minimum absolute atomic E-state index is 0.249.